The van der Waals surface area contributed by atoms with Crippen LogP contribution in [0.1, 0.15) is 37.5 Å². The lowest BCUT2D eigenvalue weighted by Gasteiger charge is -2.26. The fraction of sp³-hybridized carbons (Fsp3) is 0.333. The van der Waals surface area contributed by atoms with Crippen molar-refractivity contribution >= 4 is 13.6 Å². The van der Waals surface area contributed by atoms with Gasteiger partial charge in [0.15, 0.2) is 0 Å². The summed E-state index contributed by atoms with van der Waals surface area (Å²) in [6, 6.07) is 23.8. The monoisotopic (exact) mass is 308 g/mol. The van der Waals surface area contributed by atoms with E-state index >= 15 is 0 Å². The first kappa shape index (κ1) is 16.8. The van der Waals surface area contributed by atoms with Crippen LogP contribution in [0.25, 0.3) is 5.57 Å². The Hall–Kier alpha value is -1.60. The van der Waals surface area contributed by atoms with E-state index in [1.54, 1.807) is 0 Å². The van der Waals surface area contributed by atoms with Gasteiger partial charge in [-0.15, -0.1) is 0 Å². The molecule has 0 N–H and O–H groups in total. The van der Waals surface area contributed by atoms with E-state index in [4.69, 9.17) is 0 Å². The number of aryl methyl sites for hydroxylation is 1. The fourth-order valence-electron chi connectivity index (χ4n) is 3.05. The lowest BCUT2D eigenvalue weighted by molar-refractivity contribution is 1.19. The SMILES string of the molecule is CC[Si](/C=C(/c1ccccc1)c1ccc(C)cc1)(CC)CC. The summed E-state index contributed by atoms with van der Waals surface area (Å²) >= 11 is 0. The van der Waals surface area contributed by atoms with Crippen molar-refractivity contribution in [3.63, 3.8) is 0 Å². The molecular weight excluding hydrogens is 280 g/mol. The average Bonchev–Trinajstić information content (AvgIpc) is 2.59. The minimum Gasteiger partial charge on any atom is -0.0859 e. The molecule has 2 rings (SSSR count). The molecule has 0 aliphatic carbocycles. The van der Waals surface area contributed by atoms with Crippen LogP contribution in [0.15, 0.2) is 60.3 Å². The van der Waals surface area contributed by atoms with Crippen molar-refractivity contribution in [2.45, 2.75) is 45.8 Å². The van der Waals surface area contributed by atoms with Gasteiger partial charge >= 0.3 is 0 Å². The predicted octanol–water partition coefficient (Wildman–Crippen LogP) is 6.47. The summed E-state index contributed by atoms with van der Waals surface area (Å²) in [4.78, 5) is 0. The van der Waals surface area contributed by atoms with Crippen LogP contribution in [0.5, 0.6) is 0 Å². The predicted molar refractivity (Wildman–Crippen MR) is 102 cm³/mol. The van der Waals surface area contributed by atoms with E-state index in [9.17, 15) is 0 Å². The molecule has 0 nitrogen and oxygen atoms in total. The highest BCUT2D eigenvalue weighted by atomic mass is 28.3. The van der Waals surface area contributed by atoms with Gasteiger partial charge in [0.1, 0.15) is 0 Å². The minimum absolute atomic E-state index is 1.32. The van der Waals surface area contributed by atoms with Crippen molar-refractivity contribution in [2.75, 3.05) is 0 Å². The van der Waals surface area contributed by atoms with E-state index in [0.29, 0.717) is 0 Å². The summed E-state index contributed by atoms with van der Waals surface area (Å²) in [6.45, 7) is 9.26. The summed E-state index contributed by atoms with van der Waals surface area (Å²) < 4.78 is 0. The zero-order valence-corrected chi connectivity index (χ0v) is 15.4. The Kier molecular flexibility index (Phi) is 5.79. The molecule has 0 aliphatic heterocycles. The fourth-order valence-corrected chi connectivity index (χ4v) is 6.10. The van der Waals surface area contributed by atoms with Crippen LogP contribution in [0.3, 0.4) is 0 Å². The maximum Gasteiger partial charge on any atom is 0.0778 e. The van der Waals surface area contributed by atoms with Crippen molar-refractivity contribution in [3.05, 3.63) is 77.0 Å². The second-order valence-corrected chi connectivity index (χ2v) is 11.3. The first-order chi connectivity index (χ1) is 10.6. The van der Waals surface area contributed by atoms with Gasteiger partial charge in [-0.1, -0.05) is 105 Å². The van der Waals surface area contributed by atoms with Gasteiger partial charge in [0.2, 0.25) is 0 Å². The van der Waals surface area contributed by atoms with Gasteiger partial charge in [-0.2, -0.15) is 0 Å². The third-order valence-corrected chi connectivity index (χ3v) is 10.1. The topological polar surface area (TPSA) is 0 Å². The van der Waals surface area contributed by atoms with Crippen molar-refractivity contribution in [1.82, 2.24) is 0 Å². The van der Waals surface area contributed by atoms with Crippen LogP contribution < -0.4 is 0 Å². The molecule has 0 radical (unpaired) electrons. The van der Waals surface area contributed by atoms with Crippen LogP contribution in [-0.2, 0) is 0 Å². The van der Waals surface area contributed by atoms with E-state index in [1.807, 2.05) is 0 Å². The van der Waals surface area contributed by atoms with Gasteiger partial charge in [-0.05, 0) is 23.6 Å². The van der Waals surface area contributed by atoms with Gasteiger partial charge in [-0.25, -0.2) is 0 Å². The number of hydrogen-bond acceptors (Lipinski definition) is 0. The molecule has 22 heavy (non-hydrogen) atoms. The number of hydrogen-bond donors (Lipinski definition) is 0. The van der Waals surface area contributed by atoms with Gasteiger partial charge < -0.3 is 0 Å². The maximum atomic E-state index is 2.66. The van der Waals surface area contributed by atoms with Crippen molar-refractivity contribution < 1.29 is 0 Å². The normalized spacial score (nSPS) is 12.5. The standard InChI is InChI=1S/C21H28Si/c1-5-22(6-2,7-3)17-21(19-11-9-8-10-12-19)20-15-13-18(4)14-16-20/h8-17H,5-7H2,1-4H3/b21-17-. The molecule has 0 spiro atoms. The van der Waals surface area contributed by atoms with Gasteiger partial charge in [-0.3, -0.25) is 0 Å². The Morgan fingerprint density at radius 3 is 1.77 bits per heavy atom. The molecule has 116 valence electrons. The highest BCUT2D eigenvalue weighted by Gasteiger charge is 2.25. The van der Waals surface area contributed by atoms with Crippen molar-refractivity contribution in [3.8, 4) is 0 Å². The molecule has 2 aromatic carbocycles. The lowest BCUT2D eigenvalue weighted by atomic mass is 9.99. The molecule has 0 saturated heterocycles. The Morgan fingerprint density at radius 1 is 0.773 bits per heavy atom. The summed E-state index contributed by atoms with van der Waals surface area (Å²) in [7, 11) is -1.32. The van der Waals surface area contributed by atoms with Crippen LogP contribution in [0, 0.1) is 6.92 Å². The maximum absolute atomic E-state index is 2.66. The average molecular weight is 309 g/mol. The molecule has 0 bridgehead atoms. The molecule has 2 aromatic rings. The molecular formula is C21H28Si. The van der Waals surface area contributed by atoms with Crippen LogP contribution >= 0.6 is 0 Å². The zero-order valence-electron chi connectivity index (χ0n) is 14.4. The number of benzene rings is 2. The van der Waals surface area contributed by atoms with Crippen LogP contribution in [0.2, 0.25) is 18.1 Å². The summed E-state index contributed by atoms with van der Waals surface area (Å²) in [5.41, 5.74) is 8.11. The zero-order chi connectivity index (χ0) is 16.0. The summed E-state index contributed by atoms with van der Waals surface area (Å²) in [5, 5.41) is 0. The molecule has 0 aliphatic rings. The summed E-state index contributed by atoms with van der Waals surface area (Å²) in [6.07, 6.45) is 0. The van der Waals surface area contributed by atoms with Gasteiger partial charge in [0.05, 0.1) is 8.07 Å². The van der Waals surface area contributed by atoms with Crippen LogP contribution in [0.4, 0.5) is 0 Å². The van der Waals surface area contributed by atoms with Crippen molar-refractivity contribution in [1.29, 1.82) is 0 Å². The van der Waals surface area contributed by atoms with E-state index < -0.39 is 8.07 Å². The third-order valence-electron chi connectivity index (χ3n) is 5.01. The highest BCUT2D eigenvalue weighted by molar-refractivity contribution is 6.85. The van der Waals surface area contributed by atoms with E-state index in [-0.39, 0.29) is 0 Å². The Balaban J connectivity index is 2.58. The Morgan fingerprint density at radius 2 is 1.27 bits per heavy atom. The molecule has 0 aromatic heterocycles. The molecule has 0 atom stereocenters. The smallest absolute Gasteiger partial charge is 0.0778 e. The second-order valence-electron chi connectivity index (χ2n) is 6.21. The van der Waals surface area contributed by atoms with Crippen LogP contribution in [-0.4, -0.2) is 8.07 Å². The van der Waals surface area contributed by atoms with E-state index in [2.05, 4.69) is 88.0 Å². The molecule has 1 heteroatoms. The quantitative estimate of drug-likeness (QED) is 0.536. The van der Waals surface area contributed by atoms with E-state index in [0.717, 1.165) is 0 Å². The minimum atomic E-state index is -1.32. The number of rotatable bonds is 6. The third kappa shape index (κ3) is 3.78. The summed E-state index contributed by atoms with van der Waals surface area (Å²) in [5.74, 6) is 0. The highest BCUT2D eigenvalue weighted by Crippen LogP contribution is 2.30. The van der Waals surface area contributed by atoms with E-state index in [1.165, 1.54) is 40.4 Å². The molecule has 0 fully saturated rings. The largest absolute Gasteiger partial charge is 0.0859 e. The second kappa shape index (κ2) is 7.60. The molecule has 0 amide bonds. The van der Waals surface area contributed by atoms with Gasteiger partial charge in [0.25, 0.3) is 0 Å². The Labute approximate surface area is 136 Å². The molecule has 0 saturated carbocycles. The molecule has 0 heterocycles. The van der Waals surface area contributed by atoms with Gasteiger partial charge in [0, 0.05) is 0 Å². The first-order valence-corrected chi connectivity index (χ1v) is 11.2. The van der Waals surface area contributed by atoms with Crippen molar-refractivity contribution in [2.24, 2.45) is 0 Å². The lowest BCUT2D eigenvalue weighted by Crippen LogP contribution is -2.29. The Bertz CT molecular complexity index is 596. The first-order valence-electron chi connectivity index (χ1n) is 8.49. The molecule has 0 unspecified atom stereocenters.